The minimum absolute atomic E-state index is 0.624. The fourth-order valence-electron chi connectivity index (χ4n) is 3.59. The molecule has 1 aromatic carbocycles. The number of benzene rings is 1. The van der Waals surface area contributed by atoms with Gasteiger partial charge in [0.1, 0.15) is 5.84 Å². The number of nitrogens with two attached hydrogens (primary N) is 1. The number of aromatic nitrogens is 1. The summed E-state index contributed by atoms with van der Waals surface area (Å²) in [7, 11) is 0. The van der Waals surface area contributed by atoms with E-state index < -0.39 is 0 Å². The molecule has 3 rings (SSSR count). The fourth-order valence-corrected chi connectivity index (χ4v) is 3.59. The Labute approximate surface area is 168 Å². The number of fused-ring (bicyclic) bond motifs is 1. The third-order valence-electron chi connectivity index (χ3n) is 4.94. The molecule has 0 spiro atoms. The van der Waals surface area contributed by atoms with Crippen molar-refractivity contribution in [3.8, 4) is 11.1 Å². The van der Waals surface area contributed by atoms with Crippen molar-refractivity contribution in [1.29, 1.82) is 0 Å². The van der Waals surface area contributed by atoms with Crippen LogP contribution in [-0.4, -0.2) is 28.8 Å². The zero-order valence-corrected chi connectivity index (χ0v) is 17.2. The number of allylic oxidation sites excluding steroid dienone is 1. The molecule has 1 aliphatic heterocycles. The van der Waals surface area contributed by atoms with Crippen molar-refractivity contribution in [1.82, 2.24) is 9.88 Å². The lowest BCUT2D eigenvalue weighted by Gasteiger charge is -2.27. The van der Waals surface area contributed by atoms with Gasteiger partial charge in [0.25, 0.3) is 0 Å². The molecule has 2 heterocycles. The first-order valence-corrected chi connectivity index (χ1v) is 10.1. The SMILES string of the molecule is C=C(C1=Cc2ccc(-c3cncc(C)c3)cc2N=C(N)C1)N(CCC)CCC. The molecule has 4 heteroatoms. The van der Waals surface area contributed by atoms with Crippen LogP contribution in [0.15, 0.2) is 59.5 Å². The molecule has 0 fully saturated rings. The van der Waals surface area contributed by atoms with Crippen LogP contribution >= 0.6 is 0 Å². The highest BCUT2D eigenvalue weighted by Crippen LogP contribution is 2.33. The van der Waals surface area contributed by atoms with Gasteiger partial charge in [-0.15, -0.1) is 0 Å². The number of rotatable bonds is 7. The van der Waals surface area contributed by atoms with Crippen LogP contribution in [0, 0.1) is 6.92 Å². The highest BCUT2D eigenvalue weighted by atomic mass is 15.1. The Hall–Kier alpha value is -2.88. The minimum atomic E-state index is 0.624. The molecule has 2 aromatic rings. The Morgan fingerprint density at radius 1 is 1.11 bits per heavy atom. The van der Waals surface area contributed by atoms with Crippen LogP contribution in [0.5, 0.6) is 0 Å². The zero-order chi connectivity index (χ0) is 20.1. The van der Waals surface area contributed by atoms with Crippen molar-refractivity contribution in [3.63, 3.8) is 0 Å². The molecule has 0 amide bonds. The van der Waals surface area contributed by atoms with E-state index in [9.17, 15) is 0 Å². The van der Waals surface area contributed by atoms with Crippen molar-refractivity contribution >= 4 is 17.6 Å². The topological polar surface area (TPSA) is 54.5 Å². The first-order chi connectivity index (χ1) is 13.5. The Bertz CT molecular complexity index is 918. The number of aliphatic imine (C=N–C) groups is 1. The normalized spacial score (nSPS) is 13.2. The molecule has 0 saturated heterocycles. The Morgan fingerprint density at radius 3 is 2.54 bits per heavy atom. The number of pyridine rings is 1. The van der Waals surface area contributed by atoms with Crippen LogP contribution in [0.1, 0.15) is 44.2 Å². The third-order valence-corrected chi connectivity index (χ3v) is 4.94. The largest absolute Gasteiger partial charge is 0.387 e. The molecule has 0 bridgehead atoms. The van der Waals surface area contributed by atoms with E-state index in [2.05, 4.69) is 67.6 Å². The van der Waals surface area contributed by atoms with Gasteiger partial charge in [-0.25, -0.2) is 4.99 Å². The summed E-state index contributed by atoms with van der Waals surface area (Å²) < 4.78 is 0. The number of aryl methyl sites for hydroxylation is 1. The molecule has 2 N–H and O–H groups in total. The summed E-state index contributed by atoms with van der Waals surface area (Å²) in [5, 5.41) is 0. The Kier molecular flexibility index (Phi) is 6.30. The zero-order valence-electron chi connectivity index (χ0n) is 17.2. The predicted octanol–water partition coefficient (Wildman–Crippen LogP) is 5.47. The van der Waals surface area contributed by atoms with Gasteiger partial charge in [0.05, 0.1) is 5.69 Å². The fraction of sp³-hybridized carbons (Fsp3) is 0.333. The average molecular weight is 375 g/mol. The highest BCUT2D eigenvalue weighted by Gasteiger charge is 2.16. The van der Waals surface area contributed by atoms with E-state index in [4.69, 9.17) is 10.7 Å². The number of hydrogen-bond acceptors (Lipinski definition) is 4. The second-order valence-electron chi connectivity index (χ2n) is 7.41. The first kappa shape index (κ1) is 19.9. The second-order valence-corrected chi connectivity index (χ2v) is 7.41. The maximum absolute atomic E-state index is 6.28. The standard InChI is InChI=1S/C24H30N4/c1-5-9-28(10-6-2)18(4)21-12-20-8-7-19(13-23(20)27-24(25)14-21)22-11-17(3)15-26-16-22/h7-8,11-13,15-16H,4-6,9-10,14H2,1-3H3,(H2,25,27). The van der Waals surface area contributed by atoms with Crippen LogP contribution in [0.3, 0.4) is 0 Å². The maximum atomic E-state index is 6.28. The molecule has 0 aliphatic carbocycles. The molecule has 28 heavy (non-hydrogen) atoms. The third kappa shape index (κ3) is 4.50. The van der Waals surface area contributed by atoms with E-state index in [1.165, 1.54) is 0 Å². The molecule has 1 aromatic heterocycles. The number of nitrogens with zero attached hydrogens (tertiary/aromatic N) is 3. The first-order valence-electron chi connectivity index (χ1n) is 10.1. The Morgan fingerprint density at radius 2 is 1.86 bits per heavy atom. The van der Waals surface area contributed by atoms with Crippen LogP contribution in [0.2, 0.25) is 0 Å². The van der Waals surface area contributed by atoms with Gasteiger partial charge in [-0.1, -0.05) is 32.6 Å². The summed E-state index contributed by atoms with van der Waals surface area (Å²) in [5.41, 5.74) is 13.8. The molecule has 146 valence electrons. The van der Waals surface area contributed by atoms with Gasteiger partial charge in [-0.05, 0) is 54.7 Å². The Balaban J connectivity index is 1.97. The minimum Gasteiger partial charge on any atom is -0.387 e. The van der Waals surface area contributed by atoms with Crippen LogP contribution < -0.4 is 5.73 Å². The summed E-state index contributed by atoms with van der Waals surface area (Å²) in [4.78, 5) is 11.4. The van der Waals surface area contributed by atoms with E-state index in [-0.39, 0.29) is 0 Å². The molecule has 0 unspecified atom stereocenters. The van der Waals surface area contributed by atoms with Crippen molar-refractivity contribution in [2.24, 2.45) is 10.7 Å². The van der Waals surface area contributed by atoms with Gasteiger partial charge in [-0.2, -0.15) is 0 Å². The van der Waals surface area contributed by atoms with Gasteiger partial charge in [0, 0.05) is 48.7 Å². The molecule has 0 atom stereocenters. The molecule has 1 aliphatic rings. The van der Waals surface area contributed by atoms with E-state index >= 15 is 0 Å². The lowest BCUT2D eigenvalue weighted by Crippen LogP contribution is -2.26. The average Bonchev–Trinajstić information content (AvgIpc) is 2.84. The van der Waals surface area contributed by atoms with E-state index in [1.807, 2.05) is 12.4 Å². The number of amidine groups is 1. The lowest BCUT2D eigenvalue weighted by atomic mass is 10.0. The van der Waals surface area contributed by atoms with E-state index in [0.29, 0.717) is 12.3 Å². The summed E-state index contributed by atoms with van der Waals surface area (Å²) in [6.45, 7) is 12.8. The quantitative estimate of drug-likeness (QED) is 0.699. The van der Waals surface area contributed by atoms with Crippen LogP contribution in [0.25, 0.3) is 17.2 Å². The van der Waals surface area contributed by atoms with Crippen molar-refractivity contribution in [3.05, 3.63) is 65.6 Å². The van der Waals surface area contributed by atoms with E-state index in [0.717, 1.165) is 65.1 Å². The van der Waals surface area contributed by atoms with Gasteiger partial charge in [-0.3, -0.25) is 4.98 Å². The smallest absolute Gasteiger partial charge is 0.104 e. The summed E-state index contributed by atoms with van der Waals surface area (Å²) in [6.07, 6.45) is 8.76. The summed E-state index contributed by atoms with van der Waals surface area (Å²) in [5.74, 6) is 0.624. The van der Waals surface area contributed by atoms with Gasteiger partial charge in [0.15, 0.2) is 0 Å². The lowest BCUT2D eigenvalue weighted by molar-refractivity contribution is 0.351. The molecule has 0 radical (unpaired) electrons. The van der Waals surface area contributed by atoms with E-state index in [1.54, 1.807) is 0 Å². The molecule has 0 saturated carbocycles. The van der Waals surface area contributed by atoms with Crippen molar-refractivity contribution in [2.45, 2.75) is 40.0 Å². The van der Waals surface area contributed by atoms with Crippen LogP contribution in [-0.2, 0) is 0 Å². The molecule has 4 nitrogen and oxygen atoms in total. The van der Waals surface area contributed by atoms with Gasteiger partial charge in [0.2, 0.25) is 0 Å². The van der Waals surface area contributed by atoms with Crippen molar-refractivity contribution in [2.75, 3.05) is 13.1 Å². The van der Waals surface area contributed by atoms with Crippen molar-refractivity contribution < 1.29 is 0 Å². The maximum Gasteiger partial charge on any atom is 0.104 e. The van der Waals surface area contributed by atoms with Gasteiger partial charge < -0.3 is 10.6 Å². The van der Waals surface area contributed by atoms with Gasteiger partial charge >= 0.3 is 0 Å². The summed E-state index contributed by atoms with van der Waals surface area (Å²) >= 11 is 0. The highest BCUT2D eigenvalue weighted by molar-refractivity contribution is 5.92. The summed E-state index contributed by atoms with van der Waals surface area (Å²) in [6, 6.07) is 8.47. The number of hydrogen-bond donors (Lipinski definition) is 1. The molecular weight excluding hydrogens is 344 g/mol. The second kappa shape index (κ2) is 8.87. The predicted molar refractivity (Wildman–Crippen MR) is 120 cm³/mol. The van der Waals surface area contributed by atoms with Crippen LogP contribution in [0.4, 0.5) is 5.69 Å². The molecular formula is C24H30N4. The monoisotopic (exact) mass is 374 g/mol.